The van der Waals surface area contributed by atoms with Crippen molar-refractivity contribution in [3.63, 3.8) is 0 Å². The third-order valence-electron chi connectivity index (χ3n) is 2.34. The Morgan fingerprint density at radius 1 is 1.24 bits per heavy atom. The lowest BCUT2D eigenvalue weighted by atomic mass is 10.2. The molecule has 0 aliphatic carbocycles. The summed E-state index contributed by atoms with van der Waals surface area (Å²) < 4.78 is 9.74. The van der Waals surface area contributed by atoms with Crippen molar-refractivity contribution in [3.05, 3.63) is 30.3 Å². The van der Waals surface area contributed by atoms with E-state index in [9.17, 15) is 9.59 Å². The predicted octanol–water partition coefficient (Wildman–Crippen LogP) is 3.20. The van der Waals surface area contributed by atoms with Crippen LogP contribution in [0, 0.1) is 5.92 Å². The van der Waals surface area contributed by atoms with Gasteiger partial charge in [0.25, 0.3) is 0 Å². The van der Waals surface area contributed by atoms with E-state index >= 15 is 0 Å². The lowest BCUT2D eigenvalue weighted by Gasteiger charge is -2.08. The van der Waals surface area contributed by atoms with Gasteiger partial charge >= 0.3 is 5.97 Å². The Balaban J connectivity index is 0.000000423. The van der Waals surface area contributed by atoms with Gasteiger partial charge < -0.3 is 9.47 Å². The summed E-state index contributed by atoms with van der Waals surface area (Å²) in [6.45, 7) is 5.56. The van der Waals surface area contributed by atoms with Crippen LogP contribution in [0.25, 0.3) is 0 Å². The van der Waals surface area contributed by atoms with Crippen LogP contribution in [0.1, 0.15) is 20.8 Å². The highest BCUT2D eigenvalue weighted by Crippen LogP contribution is 2.09. The number of rotatable bonds is 7. The van der Waals surface area contributed by atoms with E-state index in [-0.39, 0.29) is 17.7 Å². The zero-order chi connectivity index (χ0) is 16.1. The van der Waals surface area contributed by atoms with Gasteiger partial charge in [0.2, 0.25) is 0 Å². The first-order chi connectivity index (χ1) is 10.0. The Morgan fingerprint density at radius 2 is 1.86 bits per heavy atom. The lowest BCUT2D eigenvalue weighted by molar-refractivity contribution is -0.146. The maximum atomic E-state index is 11.1. The second-order valence-corrected chi connectivity index (χ2v) is 5.42. The first-order valence-electron chi connectivity index (χ1n) is 6.84. The maximum Gasteiger partial charge on any atom is 0.309 e. The highest BCUT2D eigenvalue weighted by molar-refractivity contribution is 7.99. The van der Waals surface area contributed by atoms with Gasteiger partial charge in [-0.1, -0.05) is 25.1 Å². The minimum absolute atomic E-state index is 0.121. The van der Waals surface area contributed by atoms with Crippen LogP contribution in [0.15, 0.2) is 30.3 Å². The van der Waals surface area contributed by atoms with Crippen molar-refractivity contribution in [2.75, 3.05) is 25.2 Å². The number of para-hydroxylation sites is 1. The average Bonchev–Trinajstić information content (AvgIpc) is 2.48. The third kappa shape index (κ3) is 10.9. The third-order valence-corrected chi connectivity index (χ3v) is 3.69. The van der Waals surface area contributed by atoms with Gasteiger partial charge in [-0.05, 0) is 26.0 Å². The van der Waals surface area contributed by atoms with E-state index in [0.29, 0.717) is 18.1 Å². The first-order valence-corrected chi connectivity index (χ1v) is 7.99. The van der Waals surface area contributed by atoms with Crippen molar-refractivity contribution in [2.45, 2.75) is 20.8 Å². The van der Waals surface area contributed by atoms with Crippen molar-refractivity contribution in [1.82, 2.24) is 0 Å². The lowest BCUT2D eigenvalue weighted by Crippen LogP contribution is -2.17. The fourth-order valence-corrected chi connectivity index (χ4v) is 2.18. The monoisotopic (exact) mass is 312 g/mol. The molecule has 0 saturated heterocycles. The molecule has 1 rings (SSSR count). The van der Waals surface area contributed by atoms with Crippen molar-refractivity contribution in [1.29, 1.82) is 0 Å². The molecule has 0 aliphatic rings. The van der Waals surface area contributed by atoms with E-state index in [2.05, 4.69) is 0 Å². The molecule has 1 atom stereocenters. The standard InChI is InChI=1S/C9H16O3S.C7H8O/c1-4-12-9(11)7(2)5-13-6-8(3)10;1-8-7-5-3-2-4-6-7/h7H,4-6H2,1-3H3;2-6H,1H3. The van der Waals surface area contributed by atoms with E-state index in [0.717, 1.165) is 5.75 Å². The molecule has 1 aromatic carbocycles. The highest BCUT2D eigenvalue weighted by Gasteiger charge is 2.13. The molecular formula is C16H24O4S. The summed E-state index contributed by atoms with van der Waals surface area (Å²) in [4.78, 5) is 21.7. The van der Waals surface area contributed by atoms with Crippen LogP contribution in [0.2, 0.25) is 0 Å². The second-order valence-electron chi connectivity index (χ2n) is 4.39. The van der Waals surface area contributed by atoms with Gasteiger partial charge in [0, 0.05) is 5.75 Å². The summed E-state index contributed by atoms with van der Waals surface area (Å²) in [5, 5.41) is 0. The van der Waals surface area contributed by atoms with Gasteiger partial charge in [0.1, 0.15) is 11.5 Å². The Bertz CT molecular complexity index is 406. The molecule has 0 bridgehead atoms. The van der Waals surface area contributed by atoms with Crippen molar-refractivity contribution in [3.8, 4) is 5.75 Å². The van der Waals surface area contributed by atoms with E-state index in [1.165, 1.54) is 11.8 Å². The summed E-state index contributed by atoms with van der Waals surface area (Å²) in [7, 11) is 1.66. The molecule has 118 valence electrons. The molecule has 0 spiro atoms. The fraction of sp³-hybridized carbons (Fsp3) is 0.500. The topological polar surface area (TPSA) is 52.6 Å². The van der Waals surface area contributed by atoms with Gasteiger partial charge in [-0.15, -0.1) is 0 Å². The Hall–Kier alpha value is -1.49. The summed E-state index contributed by atoms with van der Waals surface area (Å²) in [5.74, 6) is 1.87. The molecular weight excluding hydrogens is 288 g/mol. The van der Waals surface area contributed by atoms with E-state index in [4.69, 9.17) is 9.47 Å². The first kappa shape index (κ1) is 19.5. The normalized spacial score (nSPS) is 10.9. The quantitative estimate of drug-likeness (QED) is 0.724. The molecule has 4 nitrogen and oxygen atoms in total. The van der Waals surface area contributed by atoms with Gasteiger partial charge in [-0.3, -0.25) is 9.59 Å². The zero-order valence-electron chi connectivity index (χ0n) is 13.1. The summed E-state index contributed by atoms with van der Waals surface area (Å²) in [6.07, 6.45) is 0. The number of esters is 1. The van der Waals surface area contributed by atoms with Crippen LogP contribution in [0.4, 0.5) is 0 Å². The van der Waals surface area contributed by atoms with Crippen molar-refractivity contribution >= 4 is 23.5 Å². The molecule has 1 aromatic rings. The second kappa shape index (κ2) is 12.3. The number of ether oxygens (including phenoxy) is 2. The van der Waals surface area contributed by atoms with E-state index in [1.807, 2.05) is 37.3 Å². The van der Waals surface area contributed by atoms with Crippen LogP contribution < -0.4 is 4.74 Å². The minimum Gasteiger partial charge on any atom is -0.497 e. The molecule has 1 unspecified atom stereocenters. The van der Waals surface area contributed by atoms with Gasteiger partial charge in [0.05, 0.1) is 25.4 Å². The van der Waals surface area contributed by atoms with Crippen molar-refractivity contribution in [2.24, 2.45) is 5.92 Å². The molecule has 0 amide bonds. The number of carbonyl (C=O) groups excluding carboxylic acids is 2. The van der Waals surface area contributed by atoms with Gasteiger partial charge in [-0.25, -0.2) is 0 Å². The molecule has 0 radical (unpaired) electrons. The van der Waals surface area contributed by atoms with Crippen molar-refractivity contribution < 1.29 is 19.1 Å². The summed E-state index contributed by atoms with van der Waals surface area (Å²) in [6, 6.07) is 9.68. The Morgan fingerprint density at radius 3 is 2.29 bits per heavy atom. The van der Waals surface area contributed by atoms with E-state index < -0.39 is 0 Å². The number of ketones is 1. The number of thioether (sulfide) groups is 1. The molecule has 5 heteroatoms. The molecule has 0 N–H and O–H groups in total. The van der Waals surface area contributed by atoms with Crippen LogP contribution in [-0.2, 0) is 14.3 Å². The maximum absolute atomic E-state index is 11.1. The summed E-state index contributed by atoms with van der Waals surface area (Å²) >= 11 is 1.47. The number of hydrogen-bond acceptors (Lipinski definition) is 5. The molecule has 0 aromatic heterocycles. The fourth-order valence-electron chi connectivity index (χ4n) is 1.29. The van der Waals surface area contributed by atoms with Crippen LogP contribution in [-0.4, -0.2) is 37.0 Å². The summed E-state index contributed by atoms with van der Waals surface area (Å²) in [5.41, 5.74) is 0. The number of carbonyl (C=O) groups is 2. The van der Waals surface area contributed by atoms with Gasteiger partial charge in [-0.2, -0.15) is 11.8 Å². The highest BCUT2D eigenvalue weighted by atomic mass is 32.2. The predicted molar refractivity (Wildman–Crippen MR) is 86.8 cm³/mol. The largest absolute Gasteiger partial charge is 0.497 e. The van der Waals surface area contributed by atoms with E-state index in [1.54, 1.807) is 21.0 Å². The molecule has 0 saturated carbocycles. The van der Waals surface area contributed by atoms with Gasteiger partial charge in [0.15, 0.2) is 0 Å². The van der Waals surface area contributed by atoms with Crippen LogP contribution in [0.5, 0.6) is 5.75 Å². The Kier molecular flexibility index (Phi) is 11.4. The Labute approximate surface area is 131 Å². The zero-order valence-corrected chi connectivity index (χ0v) is 13.9. The van der Waals surface area contributed by atoms with Crippen LogP contribution >= 0.6 is 11.8 Å². The van der Waals surface area contributed by atoms with Crippen LogP contribution in [0.3, 0.4) is 0 Å². The number of methoxy groups -OCH3 is 1. The molecule has 0 aliphatic heterocycles. The number of benzene rings is 1. The number of hydrogen-bond donors (Lipinski definition) is 0. The number of Topliss-reactive ketones (excluding diaryl/α,β-unsaturated/α-hetero) is 1. The minimum atomic E-state index is -0.182. The smallest absolute Gasteiger partial charge is 0.309 e. The molecule has 0 heterocycles. The average molecular weight is 312 g/mol. The molecule has 0 fully saturated rings. The molecule has 21 heavy (non-hydrogen) atoms. The SMILES string of the molecule is CCOC(=O)C(C)CSCC(C)=O.COc1ccccc1.